The summed E-state index contributed by atoms with van der Waals surface area (Å²) in [5.41, 5.74) is 1.87. The highest BCUT2D eigenvalue weighted by Crippen LogP contribution is 2.31. The van der Waals surface area contributed by atoms with Crippen LogP contribution in [0.2, 0.25) is 0 Å². The molecule has 4 aromatic rings. The fraction of sp³-hybridized carbons (Fsp3) is 0.100. The summed E-state index contributed by atoms with van der Waals surface area (Å²) in [4.78, 5) is 0. The fourth-order valence-corrected chi connectivity index (χ4v) is 3.18. The van der Waals surface area contributed by atoms with E-state index >= 15 is 0 Å². The highest BCUT2D eigenvalue weighted by Gasteiger charge is 2.06. The molecule has 0 aromatic heterocycles. The van der Waals surface area contributed by atoms with E-state index < -0.39 is 0 Å². The van der Waals surface area contributed by atoms with E-state index in [2.05, 4.69) is 42.5 Å². The molecule has 0 saturated carbocycles. The third-order valence-electron chi connectivity index (χ3n) is 4.34. The molecule has 0 spiro atoms. The highest BCUT2D eigenvalue weighted by atomic mass is 16.3. The molecule has 0 fully saturated rings. The maximum Gasteiger partial charge on any atom is 0.0687 e. The van der Waals surface area contributed by atoms with Crippen LogP contribution < -0.4 is 0 Å². The second-order valence-corrected chi connectivity index (χ2v) is 5.65. The quantitative estimate of drug-likeness (QED) is 0.430. The van der Waals surface area contributed by atoms with Gasteiger partial charge in [-0.3, -0.25) is 0 Å². The Morgan fingerprint density at radius 1 is 0.591 bits per heavy atom. The van der Waals surface area contributed by atoms with E-state index in [-0.39, 0.29) is 13.2 Å². The van der Waals surface area contributed by atoms with Gasteiger partial charge in [0.2, 0.25) is 0 Å². The van der Waals surface area contributed by atoms with Crippen LogP contribution in [0.4, 0.5) is 0 Å². The number of hydrogen-bond acceptors (Lipinski definition) is 2. The zero-order chi connectivity index (χ0) is 15.1. The minimum Gasteiger partial charge on any atom is -0.392 e. The second kappa shape index (κ2) is 5.09. The molecule has 0 amide bonds. The molecule has 4 aromatic carbocycles. The van der Waals surface area contributed by atoms with Crippen molar-refractivity contribution in [2.45, 2.75) is 13.2 Å². The minimum absolute atomic E-state index is 0.0467. The van der Waals surface area contributed by atoms with E-state index in [0.717, 1.165) is 32.7 Å². The summed E-state index contributed by atoms with van der Waals surface area (Å²) in [7, 11) is 0. The average molecular weight is 288 g/mol. The van der Waals surface area contributed by atoms with Crippen molar-refractivity contribution < 1.29 is 10.2 Å². The number of aliphatic hydroxyl groups excluding tert-OH is 2. The minimum atomic E-state index is 0.0467. The molecular weight excluding hydrogens is 272 g/mol. The van der Waals surface area contributed by atoms with Gasteiger partial charge >= 0.3 is 0 Å². The molecule has 0 aliphatic carbocycles. The molecule has 2 N–H and O–H groups in total. The van der Waals surface area contributed by atoms with Crippen molar-refractivity contribution in [2.24, 2.45) is 0 Å². The lowest BCUT2D eigenvalue weighted by Crippen LogP contribution is -1.88. The SMILES string of the molecule is OCc1ccc2ccc3cc4c(CO)cccc4cc3c2c1. The third-order valence-corrected chi connectivity index (χ3v) is 4.34. The summed E-state index contributed by atoms with van der Waals surface area (Å²) >= 11 is 0. The van der Waals surface area contributed by atoms with Crippen molar-refractivity contribution in [3.63, 3.8) is 0 Å². The Hall–Kier alpha value is -2.42. The zero-order valence-corrected chi connectivity index (χ0v) is 12.1. The molecule has 22 heavy (non-hydrogen) atoms. The number of hydrogen-bond donors (Lipinski definition) is 2. The molecule has 0 radical (unpaired) electrons. The lowest BCUT2D eigenvalue weighted by Gasteiger charge is -2.09. The van der Waals surface area contributed by atoms with Gasteiger partial charge in [-0.05, 0) is 61.6 Å². The smallest absolute Gasteiger partial charge is 0.0687 e. The Kier molecular flexibility index (Phi) is 3.07. The zero-order valence-electron chi connectivity index (χ0n) is 12.1. The van der Waals surface area contributed by atoms with E-state index in [1.807, 2.05) is 18.2 Å². The first-order chi connectivity index (χ1) is 10.8. The van der Waals surface area contributed by atoms with Crippen LogP contribution in [-0.2, 0) is 13.2 Å². The lowest BCUT2D eigenvalue weighted by molar-refractivity contribution is 0.282. The maximum atomic E-state index is 9.52. The van der Waals surface area contributed by atoms with Crippen LogP contribution in [0.5, 0.6) is 0 Å². The summed E-state index contributed by atoms with van der Waals surface area (Å²) in [6.07, 6.45) is 0. The van der Waals surface area contributed by atoms with Crippen LogP contribution in [0.1, 0.15) is 11.1 Å². The van der Waals surface area contributed by atoms with Crippen molar-refractivity contribution >= 4 is 32.3 Å². The summed E-state index contributed by atoms with van der Waals surface area (Å²) < 4.78 is 0. The first kappa shape index (κ1) is 13.3. The molecule has 0 unspecified atom stereocenters. The van der Waals surface area contributed by atoms with Gasteiger partial charge < -0.3 is 10.2 Å². The van der Waals surface area contributed by atoms with E-state index in [1.54, 1.807) is 0 Å². The summed E-state index contributed by atoms with van der Waals surface area (Å²) in [6, 6.07) is 20.6. The standard InChI is InChI=1S/C20H16O2/c21-11-13-4-5-14-6-7-16-9-18-15(2-1-3-17(18)12-22)10-20(16)19(14)8-13/h1-10,21-22H,11-12H2. The lowest BCUT2D eigenvalue weighted by atomic mass is 9.95. The number of rotatable bonds is 2. The Bertz CT molecular complexity index is 1000. The number of aliphatic hydroxyl groups is 2. The average Bonchev–Trinajstić information content (AvgIpc) is 2.58. The van der Waals surface area contributed by atoms with Gasteiger partial charge in [-0.1, -0.05) is 42.5 Å². The van der Waals surface area contributed by atoms with Crippen LogP contribution in [0.3, 0.4) is 0 Å². The molecule has 0 atom stereocenters. The van der Waals surface area contributed by atoms with Crippen LogP contribution >= 0.6 is 0 Å². The van der Waals surface area contributed by atoms with E-state index in [1.165, 1.54) is 10.8 Å². The Balaban J connectivity index is 2.15. The van der Waals surface area contributed by atoms with Crippen molar-refractivity contribution in [3.8, 4) is 0 Å². The monoisotopic (exact) mass is 288 g/mol. The van der Waals surface area contributed by atoms with Gasteiger partial charge in [0.1, 0.15) is 0 Å². The molecular formula is C20H16O2. The number of benzene rings is 4. The van der Waals surface area contributed by atoms with Gasteiger partial charge in [0, 0.05) is 0 Å². The summed E-state index contributed by atoms with van der Waals surface area (Å²) in [6.45, 7) is 0.0969. The molecule has 4 rings (SSSR count). The molecule has 108 valence electrons. The molecule has 2 nitrogen and oxygen atoms in total. The molecule has 0 aliphatic heterocycles. The van der Waals surface area contributed by atoms with Gasteiger partial charge in [0.15, 0.2) is 0 Å². The maximum absolute atomic E-state index is 9.52. The Morgan fingerprint density at radius 2 is 1.27 bits per heavy atom. The first-order valence-electron chi connectivity index (χ1n) is 7.39. The molecule has 0 saturated heterocycles. The Labute approximate surface area is 128 Å². The van der Waals surface area contributed by atoms with Crippen molar-refractivity contribution in [3.05, 3.63) is 71.8 Å². The normalized spacial score (nSPS) is 11.5. The number of fused-ring (bicyclic) bond motifs is 4. The summed E-state index contributed by atoms with van der Waals surface area (Å²) in [5, 5.41) is 25.8. The summed E-state index contributed by atoms with van der Waals surface area (Å²) in [5.74, 6) is 0. The van der Waals surface area contributed by atoms with Gasteiger partial charge in [0.25, 0.3) is 0 Å². The molecule has 0 heterocycles. The molecule has 0 bridgehead atoms. The first-order valence-corrected chi connectivity index (χ1v) is 7.39. The van der Waals surface area contributed by atoms with Gasteiger partial charge in [0.05, 0.1) is 13.2 Å². The van der Waals surface area contributed by atoms with Crippen LogP contribution in [0.25, 0.3) is 32.3 Å². The van der Waals surface area contributed by atoms with Crippen LogP contribution in [0.15, 0.2) is 60.7 Å². The van der Waals surface area contributed by atoms with Crippen LogP contribution in [0, 0.1) is 0 Å². The largest absolute Gasteiger partial charge is 0.392 e. The van der Waals surface area contributed by atoms with Crippen LogP contribution in [-0.4, -0.2) is 10.2 Å². The Morgan fingerprint density at radius 3 is 2.09 bits per heavy atom. The van der Waals surface area contributed by atoms with E-state index in [4.69, 9.17) is 0 Å². The van der Waals surface area contributed by atoms with Gasteiger partial charge in [-0.25, -0.2) is 0 Å². The van der Waals surface area contributed by atoms with Gasteiger partial charge in [-0.2, -0.15) is 0 Å². The van der Waals surface area contributed by atoms with Crippen molar-refractivity contribution in [1.29, 1.82) is 0 Å². The van der Waals surface area contributed by atoms with E-state index in [9.17, 15) is 10.2 Å². The highest BCUT2D eigenvalue weighted by molar-refractivity contribution is 6.12. The molecule has 0 aliphatic rings. The predicted octanol–water partition coefficient (Wildman–Crippen LogP) is 4.13. The van der Waals surface area contributed by atoms with E-state index in [0.29, 0.717) is 0 Å². The third kappa shape index (κ3) is 1.97. The van der Waals surface area contributed by atoms with Crippen molar-refractivity contribution in [1.82, 2.24) is 0 Å². The fourth-order valence-electron chi connectivity index (χ4n) is 3.18. The van der Waals surface area contributed by atoms with Crippen molar-refractivity contribution in [2.75, 3.05) is 0 Å². The second-order valence-electron chi connectivity index (χ2n) is 5.65. The van der Waals surface area contributed by atoms with Gasteiger partial charge in [-0.15, -0.1) is 0 Å². The topological polar surface area (TPSA) is 40.5 Å². The predicted molar refractivity (Wildman–Crippen MR) is 90.8 cm³/mol. The molecule has 2 heteroatoms.